The second kappa shape index (κ2) is 8.19. The van der Waals surface area contributed by atoms with Crippen LogP contribution in [0, 0.1) is 0 Å². The average Bonchev–Trinajstić information content (AvgIpc) is 3.45. The Bertz CT molecular complexity index is 1180. The van der Waals surface area contributed by atoms with E-state index in [0.29, 0.717) is 37.0 Å². The molecule has 31 heavy (non-hydrogen) atoms. The molecule has 0 saturated carbocycles. The zero-order chi connectivity index (χ0) is 21.2. The highest BCUT2D eigenvalue weighted by Crippen LogP contribution is 2.31. The lowest BCUT2D eigenvalue weighted by Gasteiger charge is -2.24. The molecule has 0 fully saturated rings. The van der Waals surface area contributed by atoms with E-state index < -0.39 is 0 Å². The molecule has 2 aromatic carbocycles. The third-order valence-corrected chi connectivity index (χ3v) is 5.30. The van der Waals surface area contributed by atoms with Crippen LogP contribution in [0.2, 0.25) is 0 Å². The second-order valence-electron chi connectivity index (χ2n) is 7.14. The van der Waals surface area contributed by atoms with Gasteiger partial charge in [-0.2, -0.15) is 4.98 Å². The largest absolute Gasteiger partial charge is 0.497 e. The third kappa shape index (κ3) is 3.75. The van der Waals surface area contributed by atoms with Crippen molar-refractivity contribution in [3.63, 3.8) is 0 Å². The minimum Gasteiger partial charge on any atom is -0.497 e. The number of fused-ring (bicyclic) bond motifs is 1. The van der Waals surface area contributed by atoms with Crippen LogP contribution in [0.3, 0.4) is 0 Å². The van der Waals surface area contributed by atoms with Gasteiger partial charge in [0.25, 0.3) is 0 Å². The lowest BCUT2D eigenvalue weighted by Crippen LogP contribution is -2.22. The van der Waals surface area contributed by atoms with Gasteiger partial charge in [-0.05, 0) is 23.8 Å². The first kappa shape index (κ1) is 19.3. The molecule has 0 bridgehead atoms. The first-order valence-electron chi connectivity index (χ1n) is 9.88. The van der Waals surface area contributed by atoms with E-state index in [4.69, 9.17) is 18.7 Å². The predicted octanol–water partition coefficient (Wildman–Crippen LogP) is 3.21. The fraction of sp³-hybridized carbons (Fsp3) is 0.273. The highest BCUT2D eigenvalue weighted by atomic mass is 16.5. The van der Waals surface area contributed by atoms with Crippen LogP contribution in [0.4, 0.5) is 0 Å². The van der Waals surface area contributed by atoms with Gasteiger partial charge < -0.3 is 18.7 Å². The van der Waals surface area contributed by atoms with Gasteiger partial charge in [-0.15, -0.1) is 5.10 Å². The maximum Gasteiger partial charge on any atom is 0.231 e. The van der Waals surface area contributed by atoms with Gasteiger partial charge in [0, 0.05) is 5.56 Å². The fourth-order valence-electron chi connectivity index (χ4n) is 3.64. The summed E-state index contributed by atoms with van der Waals surface area (Å²) in [5, 5.41) is 12.7. The molecule has 3 heterocycles. The van der Waals surface area contributed by atoms with Crippen LogP contribution in [0.25, 0.3) is 11.5 Å². The Hall–Kier alpha value is -3.72. The van der Waals surface area contributed by atoms with Gasteiger partial charge >= 0.3 is 0 Å². The Morgan fingerprint density at radius 2 is 1.90 bits per heavy atom. The summed E-state index contributed by atoms with van der Waals surface area (Å²) < 4.78 is 24.0. The topological polar surface area (TPSA) is 97.3 Å². The molecule has 0 spiro atoms. The zero-order valence-electron chi connectivity index (χ0n) is 17.2. The molecule has 5 rings (SSSR count). The summed E-state index contributed by atoms with van der Waals surface area (Å²) in [4.78, 5) is 4.51. The molecule has 158 valence electrons. The first-order valence-corrected chi connectivity index (χ1v) is 9.88. The van der Waals surface area contributed by atoms with E-state index in [1.54, 1.807) is 14.2 Å². The van der Waals surface area contributed by atoms with E-state index in [0.717, 1.165) is 28.3 Å². The number of aromatic nitrogens is 5. The predicted molar refractivity (Wildman–Crippen MR) is 110 cm³/mol. The van der Waals surface area contributed by atoms with Crippen LogP contribution in [0.1, 0.15) is 28.8 Å². The van der Waals surface area contributed by atoms with Gasteiger partial charge in [0.1, 0.15) is 17.6 Å². The zero-order valence-corrected chi connectivity index (χ0v) is 17.2. The van der Waals surface area contributed by atoms with Crippen molar-refractivity contribution in [3.05, 3.63) is 71.2 Å². The van der Waals surface area contributed by atoms with Gasteiger partial charge in [-0.25, -0.2) is 4.68 Å². The van der Waals surface area contributed by atoms with Crippen LogP contribution < -0.4 is 9.47 Å². The Labute approximate surface area is 178 Å². The van der Waals surface area contributed by atoms with E-state index in [1.807, 2.05) is 53.2 Å². The van der Waals surface area contributed by atoms with Crippen LogP contribution in [0.15, 0.2) is 53.1 Å². The minimum absolute atomic E-state index is 0.112. The van der Waals surface area contributed by atoms with Crippen molar-refractivity contribution < 1.29 is 18.7 Å². The molecule has 1 aliphatic rings. The molecule has 1 aliphatic heterocycles. The van der Waals surface area contributed by atoms with Gasteiger partial charge in [0.15, 0.2) is 5.69 Å². The Balaban J connectivity index is 1.34. The molecular formula is C22H21N5O4. The molecular weight excluding hydrogens is 398 g/mol. The summed E-state index contributed by atoms with van der Waals surface area (Å²) in [6.07, 6.45) is 0.357. The number of nitrogens with zero attached hydrogens (tertiary/aromatic N) is 5. The van der Waals surface area contributed by atoms with E-state index in [1.165, 1.54) is 0 Å². The van der Waals surface area contributed by atoms with E-state index in [-0.39, 0.29) is 6.10 Å². The van der Waals surface area contributed by atoms with E-state index in [2.05, 4.69) is 20.5 Å². The van der Waals surface area contributed by atoms with Gasteiger partial charge in [-0.1, -0.05) is 40.7 Å². The summed E-state index contributed by atoms with van der Waals surface area (Å²) in [5.41, 5.74) is 3.43. The minimum atomic E-state index is -0.112. The van der Waals surface area contributed by atoms with Crippen molar-refractivity contribution in [2.24, 2.45) is 0 Å². The van der Waals surface area contributed by atoms with Crippen molar-refractivity contribution >= 4 is 0 Å². The molecule has 0 radical (unpaired) electrons. The quantitative estimate of drug-likeness (QED) is 0.470. The summed E-state index contributed by atoms with van der Waals surface area (Å²) in [7, 11) is 3.29. The number of para-hydroxylation sites is 1. The molecule has 2 aromatic heterocycles. The number of rotatable bonds is 6. The molecule has 0 aliphatic carbocycles. The van der Waals surface area contributed by atoms with Gasteiger partial charge in [-0.3, -0.25) is 0 Å². The monoisotopic (exact) mass is 419 g/mol. The van der Waals surface area contributed by atoms with Crippen molar-refractivity contribution in [2.75, 3.05) is 14.2 Å². The normalized spacial score (nSPS) is 15.5. The summed E-state index contributed by atoms with van der Waals surface area (Å²) in [6.45, 7) is 0.913. The highest BCUT2D eigenvalue weighted by molar-refractivity contribution is 5.51. The van der Waals surface area contributed by atoms with Gasteiger partial charge in [0.05, 0.1) is 39.5 Å². The van der Waals surface area contributed by atoms with Gasteiger partial charge in [0.2, 0.25) is 11.7 Å². The summed E-state index contributed by atoms with van der Waals surface area (Å²) in [6, 6.07) is 15.6. The molecule has 1 atom stereocenters. The molecule has 4 aromatic rings. The smallest absolute Gasteiger partial charge is 0.231 e. The maximum absolute atomic E-state index is 6.07. The van der Waals surface area contributed by atoms with Crippen molar-refractivity contribution in [2.45, 2.75) is 25.7 Å². The maximum atomic E-state index is 6.07. The Morgan fingerprint density at radius 1 is 1.06 bits per heavy atom. The molecule has 9 heteroatoms. The number of benzene rings is 2. The van der Waals surface area contributed by atoms with E-state index in [9.17, 15) is 0 Å². The first-order chi connectivity index (χ1) is 15.2. The second-order valence-corrected chi connectivity index (χ2v) is 7.14. The van der Waals surface area contributed by atoms with Crippen molar-refractivity contribution in [1.29, 1.82) is 0 Å². The Morgan fingerprint density at radius 3 is 2.71 bits per heavy atom. The molecule has 0 N–H and O–H groups in total. The van der Waals surface area contributed by atoms with Crippen LogP contribution in [0.5, 0.6) is 11.5 Å². The molecule has 0 saturated heterocycles. The summed E-state index contributed by atoms with van der Waals surface area (Å²) in [5.74, 6) is 2.47. The van der Waals surface area contributed by atoms with Crippen LogP contribution >= 0.6 is 0 Å². The molecule has 9 nitrogen and oxygen atoms in total. The van der Waals surface area contributed by atoms with Crippen LogP contribution in [-0.4, -0.2) is 39.4 Å². The third-order valence-electron chi connectivity index (χ3n) is 5.30. The van der Waals surface area contributed by atoms with Crippen molar-refractivity contribution in [1.82, 2.24) is 25.1 Å². The number of methoxy groups -OCH3 is 2. The van der Waals surface area contributed by atoms with E-state index >= 15 is 0 Å². The highest BCUT2D eigenvalue weighted by Gasteiger charge is 2.27. The standard InChI is InChI=1S/C22H21N5O4/c1-28-16-9-7-14(8-10-16)19-12-27-17(13-30-19)21(24-26-27)22-23-20(31-25-22)11-15-5-3-4-6-18(15)29-2/h3-10,19H,11-13H2,1-2H3/t19-/m1/s1. The summed E-state index contributed by atoms with van der Waals surface area (Å²) >= 11 is 0. The Kier molecular flexibility index (Phi) is 5.09. The number of ether oxygens (including phenoxy) is 3. The lowest BCUT2D eigenvalue weighted by molar-refractivity contribution is -0.00114. The average molecular weight is 419 g/mol. The van der Waals surface area contributed by atoms with Crippen molar-refractivity contribution in [3.8, 4) is 23.0 Å². The fourth-order valence-corrected chi connectivity index (χ4v) is 3.64. The number of hydrogen-bond donors (Lipinski definition) is 0. The SMILES string of the molecule is COc1ccc([C@H]2Cn3nnc(-c4noc(Cc5ccccc5OC)n4)c3CO2)cc1. The molecule has 0 amide bonds. The number of hydrogen-bond acceptors (Lipinski definition) is 8. The lowest BCUT2D eigenvalue weighted by atomic mass is 10.1. The molecule has 0 unspecified atom stereocenters. The van der Waals surface area contributed by atoms with Crippen LogP contribution in [-0.2, 0) is 24.3 Å².